The second kappa shape index (κ2) is 14.6. The zero-order chi connectivity index (χ0) is 35.5. The Hall–Kier alpha value is -5.37. The van der Waals surface area contributed by atoms with Crippen LogP contribution in [0.1, 0.15) is 27.0 Å². The number of carbonyl (C=O) groups excluding carboxylic acids is 1. The maximum atomic E-state index is 15.3. The van der Waals surface area contributed by atoms with Crippen molar-refractivity contribution in [3.05, 3.63) is 167 Å². The number of ketones is 1. The fraction of sp³-hybridized carbons (Fsp3) is 0.140. The lowest BCUT2D eigenvalue weighted by molar-refractivity contribution is 0.103. The predicted octanol–water partition coefficient (Wildman–Crippen LogP) is 10.3. The van der Waals surface area contributed by atoms with Gasteiger partial charge in [0.1, 0.15) is 23.3 Å². The first-order valence-corrected chi connectivity index (χ1v) is 16.2. The maximum Gasteiger partial charge on any atom is 0.193 e. The quantitative estimate of drug-likeness (QED) is 0.107. The molecule has 0 aliphatic carbocycles. The molecule has 0 aliphatic heterocycles. The summed E-state index contributed by atoms with van der Waals surface area (Å²) in [7, 11) is 7.93. The van der Waals surface area contributed by atoms with Crippen LogP contribution in [0.25, 0.3) is 44.5 Å². The molecule has 0 radical (unpaired) electrons. The van der Waals surface area contributed by atoms with E-state index in [9.17, 15) is 13.6 Å². The molecule has 0 spiro atoms. The molecule has 0 bridgehead atoms. The van der Waals surface area contributed by atoms with Crippen molar-refractivity contribution in [2.75, 3.05) is 28.2 Å². The van der Waals surface area contributed by atoms with Crippen molar-refractivity contribution in [1.82, 2.24) is 9.80 Å². The number of hydrogen-bond donors (Lipinski definition) is 0. The number of hydrogen-bond acceptors (Lipinski definition) is 3. The lowest BCUT2D eigenvalue weighted by atomic mass is 9.88. The van der Waals surface area contributed by atoms with Crippen molar-refractivity contribution in [2.24, 2.45) is 0 Å². The summed E-state index contributed by atoms with van der Waals surface area (Å²) in [6, 6.07) is 32.6. The Morgan fingerprint density at radius 2 is 0.800 bits per heavy atom. The fourth-order valence-electron chi connectivity index (χ4n) is 6.21. The van der Waals surface area contributed by atoms with Gasteiger partial charge in [-0.2, -0.15) is 0 Å². The van der Waals surface area contributed by atoms with Crippen LogP contribution in [0.15, 0.2) is 121 Å². The summed E-state index contributed by atoms with van der Waals surface area (Å²) in [5.41, 5.74) is 6.83. The summed E-state index contributed by atoms with van der Waals surface area (Å²) in [4.78, 5) is 18.3. The van der Waals surface area contributed by atoms with Crippen molar-refractivity contribution in [3.8, 4) is 44.5 Å². The maximum absolute atomic E-state index is 15.3. The zero-order valence-corrected chi connectivity index (χ0v) is 28.3. The first-order valence-electron chi connectivity index (χ1n) is 16.2. The van der Waals surface area contributed by atoms with Gasteiger partial charge in [0.05, 0.1) is 0 Å². The third-order valence-electron chi connectivity index (χ3n) is 8.53. The van der Waals surface area contributed by atoms with Crippen molar-refractivity contribution in [3.63, 3.8) is 0 Å². The van der Waals surface area contributed by atoms with Gasteiger partial charge in [0.15, 0.2) is 5.78 Å². The lowest BCUT2D eigenvalue weighted by Gasteiger charge is -2.16. The Balaban J connectivity index is 1.45. The second-order valence-corrected chi connectivity index (χ2v) is 13.0. The number of rotatable bonds is 10. The van der Waals surface area contributed by atoms with E-state index in [0.717, 1.165) is 47.5 Å². The van der Waals surface area contributed by atoms with Crippen LogP contribution in [0.4, 0.5) is 17.6 Å². The van der Waals surface area contributed by atoms with Crippen LogP contribution in [-0.2, 0) is 13.1 Å². The monoisotopic (exact) mass is 672 g/mol. The van der Waals surface area contributed by atoms with Gasteiger partial charge in [0.2, 0.25) is 0 Å². The largest absolute Gasteiger partial charge is 0.305 e. The minimum atomic E-state index is -0.755. The highest BCUT2D eigenvalue weighted by Gasteiger charge is 2.20. The highest BCUT2D eigenvalue weighted by molar-refractivity contribution is 6.11. The molecule has 0 atom stereocenters. The highest BCUT2D eigenvalue weighted by atomic mass is 19.1. The molecule has 0 aliphatic rings. The summed E-state index contributed by atoms with van der Waals surface area (Å²) in [6.45, 7) is 1.50. The van der Waals surface area contributed by atoms with Gasteiger partial charge < -0.3 is 9.80 Å². The van der Waals surface area contributed by atoms with Crippen molar-refractivity contribution in [1.29, 1.82) is 0 Å². The summed E-state index contributed by atoms with van der Waals surface area (Å²) >= 11 is 0. The summed E-state index contributed by atoms with van der Waals surface area (Å²) in [5, 5.41) is 0. The minimum absolute atomic E-state index is 0.149. The van der Waals surface area contributed by atoms with E-state index in [-0.39, 0.29) is 28.0 Å². The molecule has 0 saturated carbocycles. The molecule has 0 fully saturated rings. The zero-order valence-electron chi connectivity index (χ0n) is 28.3. The second-order valence-electron chi connectivity index (χ2n) is 13.0. The SMILES string of the molecule is CN(C)Cc1ccc(-c2ccc(C(=O)c3ccc(-c4ccc(CN(C)C)cc4)c(-c4ccc(F)cc4F)c3)cc2-c2ccc(F)cc2F)cc1. The van der Waals surface area contributed by atoms with Gasteiger partial charge in [0.25, 0.3) is 0 Å². The molecule has 0 N–H and O–H groups in total. The van der Waals surface area contributed by atoms with Crippen LogP contribution in [0, 0.1) is 23.3 Å². The highest BCUT2D eigenvalue weighted by Crippen LogP contribution is 2.38. The Morgan fingerprint density at radius 1 is 0.440 bits per heavy atom. The van der Waals surface area contributed by atoms with Crippen LogP contribution in [0.3, 0.4) is 0 Å². The third-order valence-corrected chi connectivity index (χ3v) is 8.53. The molecule has 6 aromatic carbocycles. The van der Waals surface area contributed by atoms with Gasteiger partial charge in [-0.3, -0.25) is 4.79 Å². The van der Waals surface area contributed by atoms with Gasteiger partial charge >= 0.3 is 0 Å². The molecule has 50 heavy (non-hydrogen) atoms. The molecule has 3 nitrogen and oxygen atoms in total. The van der Waals surface area contributed by atoms with Crippen LogP contribution in [0.5, 0.6) is 0 Å². The molecule has 0 unspecified atom stereocenters. The molecular weight excluding hydrogens is 636 g/mol. The lowest BCUT2D eigenvalue weighted by Crippen LogP contribution is -2.10. The molecule has 6 rings (SSSR count). The Bertz CT molecular complexity index is 2020. The number of nitrogens with zero attached hydrogens (tertiary/aromatic N) is 2. The summed E-state index contributed by atoms with van der Waals surface area (Å²) < 4.78 is 58.5. The van der Waals surface area contributed by atoms with Gasteiger partial charge in [-0.25, -0.2) is 17.6 Å². The van der Waals surface area contributed by atoms with E-state index in [1.54, 1.807) is 36.4 Å². The van der Waals surface area contributed by atoms with E-state index in [1.807, 2.05) is 76.7 Å². The molecule has 0 aromatic heterocycles. The number of benzene rings is 6. The van der Waals surface area contributed by atoms with E-state index in [4.69, 9.17) is 0 Å². The van der Waals surface area contributed by atoms with Crippen LogP contribution >= 0.6 is 0 Å². The molecule has 252 valence electrons. The van der Waals surface area contributed by atoms with E-state index >= 15 is 8.78 Å². The topological polar surface area (TPSA) is 23.6 Å². The van der Waals surface area contributed by atoms with Crippen molar-refractivity contribution < 1.29 is 22.4 Å². The van der Waals surface area contributed by atoms with Crippen LogP contribution in [-0.4, -0.2) is 43.8 Å². The smallest absolute Gasteiger partial charge is 0.193 e. The van der Waals surface area contributed by atoms with E-state index in [1.165, 1.54) is 24.3 Å². The first kappa shape index (κ1) is 34.5. The molecular formula is C43H36F4N2O. The van der Waals surface area contributed by atoms with Gasteiger partial charge in [-0.1, -0.05) is 72.8 Å². The number of halogens is 4. The van der Waals surface area contributed by atoms with E-state index < -0.39 is 23.3 Å². The van der Waals surface area contributed by atoms with Crippen LogP contribution < -0.4 is 0 Å². The Kier molecular flexibility index (Phi) is 10.1. The first-order chi connectivity index (χ1) is 24.0. The summed E-state index contributed by atoms with van der Waals surface area (Å²) in [6.07, 6.45) is 0. The molecule has 7 heteroatoms. The number of carbonyl (C=O) groups is 1. The van der Waals surface area contributed by atoms with Gasteiger partial charge in [-0.15, -0.1) is 0 Å². The predicted molar refractivity (Wildman–Crippen MR) is 193 cm³/mol. The molecule has 0 heterocycles. The molecule has 0 saturated heterocycles. The van der Waals surface area contributed by atoms with Gasteiger partial charge in [-0.05, 0) is 109 Å². The van der Waals surface area contributed by atoms with Crippen LogP contribution in [0.2, 0.25) is 0 Å². The van der Waals surface area contributed by atoms with E-state index in [0.29, 0.717) is 22.3 Å². The summed E-state index contributed by atoms with van der Waals surface area (Å²) in [5.74, 6) is -3.30. The van der Waals surface area contributed by atoms with Crippen molar-refractivity contribution >= 4 is 5.78 Å². The minimum Gasteiger partial charge on any atom is -0.305 e. The Labute approximate surface area is 290 Å². The average Bonchev–Trinajstić information content (AvgIpc) is 3.08. The fourth-order valence-corrected chi connectivity index (χ4v) is 6.21. The average molecular weight is 673 g/mol. The Morgan fingerprint density at radius 3 is 1.14 bits per heavy atom. The normalized spacial score (nSPS) is 11.4. The van der Waals surface area contributed by atoms with Crippen molar-refractivity contribution in [2.45, 2.75) is 13.1 Å². The third kappa shape index (κ3) is 7.59. The molecule has 6 aromatic rings. The molecule has 0 amide bonds. The van der Waals surface area contributed by atoms with E-state index in [2.05, 4.69) is 9.80 Å². The van der Waals surface area contributed by atoms with Gasteiger partial charge in [0, 0.05) is 47.5 Å². The standard InChI is InChI=1S/C43H36F4N2O/c1-48(2)25-27-5-9-29(10-6-27)35-17-13-31(21-39(35)37-19-15-33(44)23-41(37)46)43(50)32-14-18-36(30-11-7-28(8-12-30)26-49(3)4)40(22-32)38-20-16-34(45)24-42(38)47/h5-24H,25-26H2,1-4H3.